The van der Waals surface area contributed by atoms with Crippen molar-refractivity contribution in [2.45, 2.75) is 26.9 Å². The first-order valence-electron chi connectivity index (χ1n) is 3.48. The topological polar surface area (TPSA) is 9.23 Å². The SMILES string of the molecule is C=C1OC(C)C(C)C1C. The van der Waals surface area contributed by atoms with Gasteiger partial charge in [-0.15, -0.1) is 0 Å². The van der Waals surface area contributed by atoms with Crippen LogP contribution in [0.1, 0.15) is 20.8 Å². The zero-order valence-electron chi connectivity index (χ0n) is 6.35. The summed E-state index contributed by atoms with van der Waals surface area (Å²) in [4.78, 5) is 0. The summed E-state index contributed by atoms with van der Waals surface area (Å²) in [6.45, 7) is 10.3. The predicted molar refractivity (Wildman–Crippen MR) is 38.0 cm³/mol. The quantitative estimate of drug-likeness (QED) is 0.483. The van der Waals surface area contributed by atoms with Gasteiger partial charge in [-0.2, -0.15) is 0 Å². The Morgan fingerprint density at radius 3 is 2.00 bits per heavy atom. The van der Waals surface area contributed by atoms with E-state index in [1.807, 2.05) is 0 Å². The smallest absolute Gasteiger partial charge is 0.0986 e. The summed E-state index contributed by atoms with van der Waals surface area (Å²) >= 11 is 0. The fourth-order valence-corrected chi connectivity index (χ4v) is 1.15. The van der Waals surface area contributed by atoms with Crippen molar-refractivity contribution in [3.63, 3.8) is 0 Å². The van der Waals surface area contributed by atoms with E-state index in [1.54, 1.807) is 0 Å². The maximum atomic E-state index is 5.39. The van der Waals surface area contributed by atoms with Gasteiger partial charge in [0.15, 0.2) is 0 Å². The number of hydrogen-bond acceptors (Lipinski definition) is 1. The average Bonchev–Trinajstić information content (AvgIpc) is 1.98. The highest BCUT2D eigenvalue weighted by Gasteiger charge is 2.30. The molecule has 1 saturated heterocycles. The van der Waals surface area contributed by atoms with E-state index < -0.39 is 0 Å². The minimum atomic E-state index is 0.368. The second kappa shape index (κ2) is 2.05. The van der Waals surface area contributed by atoms with E-state index in [4.69, 9.17) is 4.74 Å². The molecule has 0 aromatic rings. The molecule has 1 aliphatic heterocycles. The van der Waals surface area contributed by atoms with Crippen LogP contribution in [0.2, 0.25) is 0 Å². The van der Waals surface area contributed by atoms with Crippen LogP contribution in [0.15, 0.2) is 12.3 Å². The molecule has 0 aromatic heterocycles. The van der Waals surface area contributed by atoms with Gasteiger partial charge in [0.25, 0.3) is 0 Å². The third-order valence-electron chi connectivity index (χ3n) is 2.37. The molecular formula is C8H14O. The molecule has 9 heavy (non-hydrogen) atoms. The molecule has 3 atom stereocenters. The Morgan fingerprint density at radius 2 is 1.89 bits per heavy atom. The van der Waals surface area contributed by atoms with Crippen LogP contribution < -0.4 is 0 Å². The molecule has 1 nitrogen and oxygen atoms in total. The molecule has 0 spiro atoms. The second-order valence-electron chi connectivity index (χ2n) is 2.94. The highest BCUT2D eigenvalue weighted by atomic mass is 16.5. The maximum absolute atomic E-state index is 5.39. The lowest BCUT2D eigenvalue weighted by atomic mass is 9.94. The van der Waals surface area contributed by atoms with Gasteiger partial charge in [0.1, 0.15) is 0 Å². The summed E-state index contributed by atoms with van der Waals surface area (Å²) < 4.78 is 5.39. The van der Waals surface area contributed by atoms with E-state index in [0.717, 1.165) is 5.76 Å². The van der Waals surface area contributed by atoms with Crippen LogP contribution in [-0.2, 0) is 4.74 Å². The Hall–Kier alpha value is -0.460. The first kappa shape index (κ1) is 6.66. The molecule has 1 fully saturated rings. The third kappa shape index (κ3) is 0.958. The predicted octanol–water partition coefficient (Wildman–Crippen LogP) is 2.19. The van der Waals surface area contributed by atoms with Crippen LogP contribution in [0.5, 0.6) is 0 Å². The molecule has 1 aliphatic rings. The first-order valence-corrected chi connectivity index (χ1v) is 3.48. The Balaban J connectivity index is 2.65. The van der Waals surface area contributed by atoms with Crippen molar-refractivity contribution >= 4 is 0 Å². The Bertz CT molecular complexity index is 129. The van der Waals surface area contributed by atoms with Crippen molar-refractivity contribution in [3.8, 4) is 0 Å². The molecule has 0 radical (unpaired) electrons. The Kier molecular flexibility index (Phi) is 1.52. The molecule has 52 valence electrons. The number of hydrogen-bond donors (Lipinski definition) is 0. The molecule has 1 heteroatoms. The minimum Gasteiger partial charge on any atom is -0.495 e. The highest BCUT2D eigenvalue weighted by Crippen LogP contribution is 2.33. The molecule has 1 heterocycles. The third-order valence-corrected chi connectivity index (χ3v) is 2.37. The summed E-state index contributed by atoms with van der Waals surface area (Å²) in [5.74, 6) is 2.13. The van der Waals surface area contributed by atoms with Gasteiger partial charge in [0, 0.05) is 11.8 Å². The van der Waals surface area contributed by atoms with Crippen molar-refractivity contribution in [2.24, 2.45) is 11.8 Å². The van der Waals surface area contributed by atoms with Crippen LogP contribution in [0, 0.1) is 11.8 Å². The molecule has 0 amide bonds. The van der Waals surface area contributed by atoms with E-state index in [2.05, 4.69) is 27.4 Å². The van der Waals surface area contributed by atoms with Crippen molar-refractivity contribution in [2.75, 3.05) is 0 Å². The van der Waals surface area contributed by atoms with Crippen LogP contribution in [0.3, 0.4) is 0 Å². The zero-order valence-corrected chi connectivity index (χ0v) is 6.35. The average molecular weight is 126 g/mol. The van der Waals surface area contributed by atoms with E-state index >= 15 is 0 Å². The second-order valence-corrected chi connectivity index (χ2v) is 2.94. The van der Waals surface area contributed by atoms with Gasteiger partial charge in [-0.1, -0.05) is 20.4 Å². The normalized spacial score (nSPS) is 43.0. The summed E-state index contributed by atoms with van der Waals surface area (Å²) in [6.07, 6.45) is 0.368. The number of ether oxygens (including phenoxy) is 1. The fourth-order valence-electron chi connectivity index (χ4n) is 1.15. The highest BCUT2D eigenvalue weighted by molar-refractivity contribution is 4.99. The number of allylic oxidation sites excluding steroid dienone is 1. The maximum Gasteiger partial charge on any atom is 0.0986 e. The van der Waals surface area contributed by atoms with Crippen molar-refractivity contribution in [3.05, 3.63) is 12.3 Å². The molecule has 0 aromatic carbocycles. The molecular weight excluding hydrogens is 112 g/mol. The van der Waals surface area contributed by atoms with Crippen LogP contribution >= 0.6 is 0 Å². The van der Waals surface area contributed by atoms with Gasteiger partial charge in [-0.25, -0.2) is 0 Å². The minimum absolute atomic E-state index is 0.368. The van der Waals surface area contributed by atoms with Crippen molar-refractivity contribution in [1.29, 1.82) is 0 Å². The molecule has 0 N–H and O–H groups in total. The van der Waals surface area contributed by atoms with Gasteiger partial charge >= 0.3 is 0 Å². The lowest BCUT2D eigenvalue weighted by Gasteiger charge is -2.07. The standard InChI is InChI=1S/C8H14O/c1-5-6(2)8(4)9-7(5)3/h5-6,8H,3H2,1-2,4H3. The monoisotopic (exact) mass is 126 g/mol. The lowest BCUT2D eigenvalue weighted by molar-refractivity contribution is 0.154. The van der Waals surface area contributed by atoms with Crippen molar-refractivity contribution in [1.82, 2.24) is 0 Å². The fraction of sp³-hybridized carbons (Fsp3) is 0.750. The summed E-state index contributed by atoms with van der Waals surface area (Å²) in [7, 11) is 0. The molecule has 0 bridgehead atoms. The molecule has 3 unspecified atom stereocenters. The van der Waals surface area contributed by atoms with Crippen LogP contribution in [0.4, 0.5) is 0 Å². The van der Waals surface area contributed by atoms with Crippen LogP contribution in [0.25, 0.3) is 0 Å². The molecule has 0 saturated carbocycles. The molecule has 0 aliphatic carbocycles. The summed E-state index contributed by atoms with van der Waals surface area (Å²) in [5.41, 5.74) is 0. The Labute approximate surface area is 56.7 Å². The van der Waals surface area contributed by atoms with Crippen LogP contribution in [-0.4, -0.2) is 6.10 Å². The van der Waals surface area contributed by atoms with Gasteiger partial charge < -0.3 is 4.74 Å². The first-order chi connectivity index (χ1) is 4.13. The van der Waals surface area contributed by atoms with Gasteiger partial charge in [-0.3, -0.25) is 0 Å². The lowest BCUT2D eigenvalue weighted by Crippen LogP contribution is -2.10. The Morgan fingerprint density at radius 1 is 1.33 bits per heavy atom. The van der Waals surface area contributed by atoms with Gasteiger partial charge in [0.05, 0.1) is 11.9 Å². The molecule has 1 rings (SSSR count). The zero-order chi connectivity index (χ0) is 7.02. The van der Waals surface area contributed by atoms with Gasteiger partial charge in [-0.05, 0) is 6.92 Å². The largest absolute Gasteiger partial charge is 0.495 e. The van der Waals surface area contributed by atoms with E-state index in [1.165, 1.54) is 0 Å². The van der Waals surface area contributed by atoms with Gasteiger partial charge in [0.2, 0.25) is 0 Å². The van der Waals surface area contributed by atoms with E-state index in [-0.39, 0.29) is 0 Å². The van der Waals surface area contributed by atoms with E-state index in [0.29, 0.717) is 17.9 Å². The summed E-state index contributed by atoms with van der Waals surface area (Å²) in [5, 5.41) is 0. The summed E-state index contributed by atoms with van der Waals surface area (Å²) in [6, 6.07) is 0. The van der Waals surface area contributed by atoms with Crippen molar-refractivity contribution < 1.29 is 4.74 Å². The number of rotatable bonds is 0. The van der Waals surface area contributed by atoms with E-state index in [9.17, 15) is 0 Å².